The standard InChI is InChI=1S/C19H21N5O3S/c1-13-5-8-15(28(26,27)23-14-6-7-14)12-16(13)19(25)20-10-9-18-22-21-17-4-2-3-11-24(17)18/h2-5,8,11-12,14,23H,6-7,9-10H2,1H3,(H,20,25). The van der Waals surface area contributed by atoms with Gasteiger partial charge in [-0.25, -0.2) is 13.1 Å². The number of rotatable bonds is 7. The van der Waals surface area contributed by atoms with E-state index in [9.17, 15) is 13.2 Å². The summed E-state index contributed by atoms with van der Waals surface area (Å²) in [6.07, 6.45) is 4.10. The van der Waals surface area contributed by atoms with Gasteiger partial charge >= 0.3 is 0 Å². The van der Waals surface area contributed by atoms with Gasteiger partial charge in [-0.05, 0) is 49.6 Å². The molecule has 1 aromatic carbocycles. The summed E-state index contributed by atoms with van der Waals surface area (Å²) in [6.45, 7) is 2.15. The van der Waals surface area contributed by atoms with Crippen molar-refractivity contribution in [3.8, 4) is 0 Å². The first kappa shape index (κ1) is 18.6. The topological polar surface area (TPSA) is 105 Å². The summed E-state index contributed by atoms with van der Waals surface area (Å²) in [5.74, 6) is 0.437. The van der Waals surface area contributed by atoms with Crippen molar-refractivity contribution in [3.63, 3.8) is 0 Å². The molecule has 0 aliphatic heterocycles. The average molecular weight is 399 g/mol. The minimum atomic E-state index is -3.60. The zero-order chi connectivity index (χ0) is 19.7. The van der Waals surface area contributed by atoms with Gasteiger partial charge < -0.3 is 5.32 Å². The lowest BCUT2D eigenvalue weighted by Crippen LogP contribution is -2.28. The summed E-state index contributed by atoms with van der Waals surface area (Å²) in [6, 6.07) is 10.3. The lowest BCUT2D eigenvalue weighted by Gasteiger charge is -2.11. The Morgan fingerprint density at radius 1 is 1.21 bits per heavy atom. The minimum absolute atomic E-state index is 0.0153. The number of aromatic nitrogens is 3. The highest BCUT2D eigenvalue weighted by molar-refractivity contribution is 7.89. The summed E-state index contributed by atoms with van der Waals surface area (Å²) in [4.78, 5) is 12.7. The molecule has 28 heavy (non-hydrogen) atoms. The van der Waals surface area contributed by atoms with E-state index in [2.05, 4.69) is 20.2 Å². The predicted molar refractivity (Wildman–Crippen MR) is 104 cm³/mol. The van der Waals surface area contributed by atoms with E-state index >= 15 is 0 Å². The number of pyridine rings is 1. The Morgan fingerprint density at radius 3 is 2.82 bits per heavy atom. The molecule has 0 radical (unpaired) electrons. The van der Waals surface area contributed by atoms with Crippen LogP contribution in [-0.2, 0) is 16.4 Å². The Bertz CT molecular complexity index is 1140. The maximum Gasteiger partial charge on any atom is 0.251 e. The second kappa shape index (κ2) is 7.33. The molecule has 146 valence electrons. The van der Waals surface area contributed by atoms with Crippen molar-refractivity contribution >= 4 is 21.6 Å². The van der Waals surface area contributed by atoms with Gasteiger partial charge in [-0.1, -0.05) is 12.1 Å². The van der Waals surface area contributed by atoms with Crippen LogP contribution in [0.2, 0.25) is 0 Å². The molecule has 1 amide bonds. The number of sulfonamides is 1. The van der Waals surface area contributed by atoms with Gasteiger partial charge in [0, 0.05) is 30.8 Å². The molecule has 0 saturated heterocycles. The molecule has 2 aromatic heterocycles. The summed E-state index contributed by atoms with van der Waals surface area (Å²) < 4.78 is 29.3. The number of hydrogen-bond acceptors (Lipinski definition) is 5. The van der Waals surface area contributed by atoms with E-state index in [0.717, 1.165) is 29.9 Å². The van der Waals surface area contributed by atoms with Gasteiger partial charge in [-0.15, -0.1) is 10.2 Å². The summed E-state index contributed by atoms with van der Waals surface area (Å²) in [5.41, 5.74) is 1.82. The van der Waals surface area contributed by atoms with Crippen LogP contribution in [0.3, 0.4) is 0 Å². The normalized spacial score (nSPS) is 14.3. The Labute approximate surface area is 163 Å². The fourth-order valence-corrected chi connectivity index (χ4v) is 4.28. The number of carbonyl (C=O) groups excluding carboxylic acids is 1. The highest BCUT2D eigenvalue weighted by atomic mass is 32.2. The van der Waals surface area contributed by atoms with Crippen LogP contribution in [0.25, 0.3) is 5.65 Å². The van der Waals surface area contributed by atoms with Gasteiger partial charge in [0.1, 0.15) is 5.82 Å². The van der Waals surface area contributed by atoms with Gasteiger partial charge in [0.05, 0.1) is 4.90 Å². The highest BCUT2D eigenvalue weighted by Crippen LogP contribution is 2.23. The maximum atomic E-state index is 12.6. The van der Waals surface area contributed by atoms with Crippen molar-refractivity contribution < 1.29 is 13.2 Å². The maximum absolute atomic E-state index is 12.6. The fourth-order valence-electron chi connectivity index (χ4n) is 2.95. The average Bonchev–Trinajstić information content (AvgIpc) is 3.38. The zero-order valence-corrected chi connectivity index (χ0v) is 16.2. The van der Waals surface area contributed by atoms with Crippen LogP contribution in [0.4, 0.5) is 0 Å². The molecule has 1 aliphatic carbocycles. The van der Waals surface area contributed by atoms with Crippen molar-refractivity contribution in [2.24, 2.45) is 0 Å². The molecule has 2 heterocycles. The first-order valence-electron chi connectivity index (χ1n) is 9.14. The van der Waals surface area contributed by atoms with Gasteiger partial charge in [0.25, 0.3) is 5.91 Å². The molecule has 9 heteroatoms. The molecule has 1 saturated carbocycles. The lowest BCUT2D eigenvalue weighted by atomic mass is 10.1. The van der Waals surface area contributed by atoms with Gasteiger partial charge in [-0.2, -0.15) is 0 Å². The largest absolute Gasteiger partial charge is 0.352 e. The molecule has 0 unspecified atom stereocenters. The Balaban J connectivity index is 1.44. The van der Waals surface area contributed by atoms with Gasteiger partial charge in [0.2, 0.25) is 10.0 Å². The smallest absolute Gasteiger partial charge is 0.251 e. The number of nitrogens with zero attached hydrogens (tertiary/aromatic N) is 3. The van der Waals surface area contributed by atoms with E-state index in [1.54, 1.807) is 13.0 Å². The van der Waals surface area contributed by atoms with E-state index in [-0.39, 0.29) is 16.8 Å². The molecule has 0 bridgehead atoms. The van der Waals surface area contributed by atoms with E-state index in [1.165, 1.54) is 12.1 Å². The second-order valence-electron chi connectivity index (χ2n) is 6.92. The third-order valence-corrected chi connectivity index (χ3v) is 6.20. The molecule has 3 aromatic rings. The van der Waals surface area contributed by atoms with Gasteiger partial charge in [0.15, 0.2) is 5.65 Å². The van der Waals surface area contributed by atoms with E-state index < -0.39 is 10.0 Å². The highest BCUT2D eigenvalue weighted by Gasteiger charge is 2.28. The summed E-state index contributed by atoms with van der Waals surface area (Å²) in [7, 11) is -3.60. The van der Waals surface area contributed by atoms with Crippen LogP contribution >= 0.6 is 0 Å². The summed E-state index contributed by atoms with van der Waals surface area (Å²) in [5, 5.41) is 11.1. The van der Waals surface area contributed by atoms with Gasteiger partial charge in [-0.3, -0.25) is 9.20 Å². The van der Waals surface area contributed by atoms with Crippen LogP contribution in [0.1, 0.15) is 34.6 Å². The number of hydrogen-bond donors (Lipinski definition) is 2. The molecule has 0 atom stereocenters. The van der Waals surface area contributed by atoms with Crippen LogP contribution in [-0.4, -0.2) is 41.5 Å². The second-order valence-corrected chi connectivity index (χ2v) is 8.64. The number of benzene rings is 1. The lowest BCUT2D eigenvalue weighted by molar-refractivity contribution is 0.0953. The molecule has 2 N–H and O–H groups in total. The van der Waals surface area contributed by atoms with Crippen molar-refractivity contribution in [1.82, 2.24) is 24.6 Å². The number of amides is 1. The van der Waals surface area contributed by atoms with Crippen molar-refractivity contribution in [2.45, 2.75) is 37.1 Å². The molecule has 1 aliphatic rings. The third kappa shape index (κ3) is 3.90. The van der Waals surface area contributed by atoms with Crippen LogP contribution < -0.4 is 10.0 Å². The molecule has 4 rings (SSSR count). The van der Waals surface area contributed by atoms with Crippen molar-refractivity contribution in [1.29, 1.82) is 0 Å². The minimum Gasteiger partial charge on any atom is -0.352 e. The first-order valence-corrected chi connectivity index (χ1v) is 10.6. The number of nitrogens with one attached hydrogen (secondary N) is 2. The van der Waals surface area contributed by atoms with E-state index in [1.807, 2.05) is 28.8 Å². The molecular weight excluding hydrogens is 378 g/mol. The number of fused-ring (bicyclic) bond motifs is 1. The SMILES string of the molecule is Cc1ccc(S(=O)(=O)NC2CC2)cc1C(=O)NCCc1nnc2ccccn12. The van der Waals surface area contributed by atoms with Crippen molar-refractivity contribution in [3.05, 3.63) is 59.5 Å². The fraction of sp³-hybridized carbons (Fsp3) is 0.316. The van der Waals surface area contributed by atoms with Crippen molar-refractivity contribution in [2.75, 3.05) is 6.54 Å². The number of aryl methyl sites for hydroxylation is 1. The predicted octanol–water partition coefficient (Wildman–Crippen LogP) is 1.45. The summed E-state index contributed by atoms with van der Waals surface area (Å²) >= 11 is 0. The van der Waals surface area contributed by atoms with Crippen LogP contribution in [0.15, 0.2) is 47.5 Å². The Hall–Kier alpha value is -2.78. The Kier molecular flexibility index (Phi) is 4.86. The van der Waals surface area contributed by atoms with Crippen LogP contribution in [0, 0.1) is 6.92 Å². The first-order chi connectivity index (χ1) is 13.4. The number of carbonyl (C=O) groups is 1. The molecule has 1 fully saturated rings. The Morgan fingerprint density at radius 2 is 2.04 bits per heavy atom. The monoisotopic (exact) mass is 399 g/mol. The van der Waals surface area contributed by atoms with E-state index in [4.69, 9.17) is 0 Å². The third-order valence-electron chi connectivity index (χ3n) is 4.68. The zero-order valence-electron chi connectivity index (χ0n) is 15.4. The quantitative estimate of drug-likeness (QED) is 0.626. The molecule has 8 nitrogen and oxygen atoms in total. The molecular formula is C19H21N5O3S. The van der Waals surface area contributed by atoms with Crippen LogP contribution in [0.5, 0.6) is 0 Å². The molecule has 0 spiro atoms. The van der Waals surface area contributed by atoms with E-state index in [0.29, 0.717) is 18.5 Å².